The van der Waals surface area contributed by atoms with Gasteiger partial charge < -0.3 is 5.32 Å². The first-order valence-corrected chi connectivity index (χ1v) is 14.5. The molecule has 1 saturated heterocycles. The predicted octanol–water partition coefficient (Wildman–Crippen LogP) is 2.72. The maximum absolute atomic E-state index is 13.4. The Bertz CT molecular complexity index is 1580. The Morgan fingerprint density at radius 1 is 0.974 bits per heavy atom. The van der Waals surface area contributed by atoms with Crippen LogP contribution in [0.1, 0.15) is 18.4 Å². The molecule has 1 unspecified atom stereocenters. The van der Waals surface area contributed by atoms with Gasteiger partial charge in [0.25, 0.3) is 15.7 Å². The fourth-order valence-corrected chi connectivity index (χ4v) is 7.02. The molecule has 1 aliphatic rings. The monoisotopic (exact) mass is 557 g/mol. The number of sulfonamides is 2. The summed E-state index contributed by atoms with van der Waals surface area (Å²) in [7, 11) is -8.32. The number of ketones is 1. The van der Waals surface area contributed by atoms with Crippen LogP contribution >= 0.6 is 0 Å². The van der Waals surface area contributed by atoms with E-state index in [1.807, 2.05) is 0 Å². The van der Waals surface area contributed by atoms with E-state index in [9.17, 15) is 31.7 Å². The average Bonchev–Trinajstić information content (AvgIpc) is 3.32. The van der Waals surface area contributed by atoms with Crippen molar-refractivity contribution in [3.8, 4) is 0 Å². The largest absolute Gasteiger partial charge is 0.306 e. The lowest BCUT2D eigenvalue weighted by molar-refractivity contribution is -0.385. The molecule has 3 N–H and O–H groups in total. The smallest absolute Gasteiger partial charge is 0.270 e. The number of hydrogen-bond acceptors (Lipinski definition) is 8. The first kappa shape index (κ1) is 27.4. The van der Waals surface area contributed by atoms with Gasteiger partial charge in [-0.25, -0.2) is 16.8 Å². The lowest BCUT2D eigenvalue weighted by Crippen LogP contribution is -2.56. The predicted molar refractivity (Wildman–Crippen MR) is 140 cm³/mol. The van der Waals surface area contributed by atoms with Crippen molar-refractivity contribution >= 4 is 37.2 Å². The lowest BCUT2D eigenvalue weighted by atomic mass is 9.81. The molecule has 3 aromatic carbocycles. The van der Waals surface area contributed by atoms with Crippen LogP contribution in [-0.2, 0) is 30.4 Å². The lowest BCUT2D eigenvalue weighted by Gasteiger charge is -2.35. The molecule has 0 aromatic heterocycles. The van der Waals surface area contributed by atoms with Gasteiger partial charge in [-0.05, 0) is 55.8 Å². The van der Waals surface area contributed by atoms with Gasteiger partial charge >= 0.3 is 0 Å². The average molecular weight is 558 g/mol. The second-order valence-corrected chi connectivity index (χ2v) is 12.0. The van der Waals surface area contributed by atoms with Gasteiger partial charge in [-0.2, -0.15) is 4.72 Å². The summed E-state index contributed by atoms with van der Waals surface area (Å²) in [6.45, 7) is 3.97. The highest BCUT2D eigenvalue weighted by atomic mass is 32.2. The number of carbonyl (C=O) groups is 1. The molecule has 1 heterocycles. The van der Waals surface area contributed by atoms with Crippen LogP contribution in [0, 0.1) is 17.0 Å². The van der Waals surface area contributed by atoms with Crippen molar-refractivity contribution < 1.29 is 26.6 Å². The van der Waals surface area contributed by atoms with Crippen LogP contribution in [-0.4, -0.2) is 40.1 Å². The van der Waals surface area contributed by atoms with Crippen molar-refractivity contribution in [2.45, 2.75) is 34.2 Å². The third-order valence-electron chi connectivity index (χ3n) is 6.27. The molecule has 0 bridgehead atoms. The minimum Gasteiger partial charge on any atom is -0.306 e. The van der Waals surface area contributed by atoms with Crippen molar-refractivity contribution in [1.29, 1.82) is 0 Å². The van der Waals surface area contributed by atoms with Crippen LogP contribution in [0.2, 0.25) is 0 Å². The number of anilines is 1. The summed E-state index contributed by atoms with van der Waals surface area (Å²) in [6.07, 6.45) is 0.113. The van der Waals surface area contributed by atoms with E-state index in [1.54, 1.807) is 24.3 Å². The van der Waals surface area contributed by atoms with Gasteiger partial charge in [0.1, 0.15) is 0 Å². The third-order valence-corrected chi connectivity index (χ3v) is 9.17. The highest BCUT2D eigenvalue weighted by molar-refractivity contribution is 7.92. The molecule has 1 radical (unpaired) electrons. The number of carbonyl (C=O) groups excluding carboxylic acids is 1. The van der Waals surface area contributed by atoms with Crippen LogP contribution in [0.25, 0.3) is 0 Å². The van der Waals surface area contributed by atoms with E-state index in [1.165, 1.54) is 48.5 Å². The Morgan fingerprint density at radius 3 is 2.34 bits per heavy atom. The second-order valence-electron chi connectivity index (χ2n) is 8.68. The van der Waals surface area contributed by atoms with E-state index in [4.69, 9.17) is 0 Å². The highest BCUT2D eigenvalue weighted by Crippen LogP contribution is 2.37. The number of nitro groups is 1. The van der Waals surface area contributed by atoms with Crippen molar-refractivity contribution in [2.24, 2.45) is 0 Å². The van der Waals surface area contributed by atoms with Gasteiger partial charge in [0.2, 0.25) is 10.0 Å². The quantitative estimate of drug-likeness (QED) is 0.253. The van der Waals surface area contributed by atoms with Crippen LogP contribution in [0.5, 0.6) is 0 Å². The molecule has 3 aromatic rings. The molecule has 0 aliphatic carbocycles. The Hall–Kier alpha value is -3.65. The van der Waals surface area contributed by atoms with Crippen LogP contribution in [0.3, 0.4) is 0 Å². The van der Waals surface area contributed by atoms with E-state index < -0.39 is 36.6 Å². The number of rotatable bonds is 10. The molecule has 1 fully saturated rings. The summed E-state index contributed by atoms with van der Waals surface area (Å²) >= 11 is 0. The number of Topliss-reactive ketones (excluding diaryl/α,β-unsaturated/α-hetero) is 1. The van der Waals surface area contributed by atoms with Gasteiger partial charge in [-0.3, -0.25) is 19.6 Å². The van der Waals surface area contributed by atoms with Crippen molar-refractivity contribution in [3.63, 3.8) is 0 Å². The van der Waals surface area contributed by atoms with Gasteiger partial charge in [0.05, 0.1) is 26.3 Å². The zero-order valence-electron chi connectivity index (χ0n) is 20.0. The number of non-ortho nitro benzene ring substituents is 1. The number of nitrogens with one attached hydrogen (secondary N) is 3. The number of nitro benzene ring substituents is 1. The summed E-state index contributed by atoms with van der Waals surface area (Å²) in [5, 5.41) is 14.2. The van der Waals surface area contributed by atoms with Crippen LogP contribution in [0.4, 0.5) is 11.4 Å². The van der Waals surface area contributed by atoms with E-state index in [2.05, 4.69) is 21.7 Å². The van der Waals surface area contributed by atoms with E-state index >= 15 is 0 Å². The van der Waals surface area contributed by atoms with Crippen LogP contribution < -0.4 is 14.8 Å². The first-order chi connectivity index (χ1) is 18.0. The fraction of sp³-hybridized carbons (Fsp3) is 0.200. The number of benzene rings is 3. The number of nitrogens with zero attached hydrogens (tertiary/aromatic N) is 1. The fourth-order valence-electron chi connectivity index (χ4n) is 4.48. The van der Waals surface area contributed by atoms with E-state index in [0.29, 0.717) is 12.1 Å². The molecule has 13 heteroatoms. The minimum atomic E-state index is -4.23. The summed E-state index contributed by atoms with van der Waals surface area (Å²) in [5.74, 6) is -0.319. The topological polar surface area (TPSA) is 165 Å². The standard InChI is InChI=1S/C25H25N4O7S2/c1-2-23(30)24-25(14-15-26-24,28-38(35,36)21-11-4-3-5-12-21)18-8-6-9-19(16-18)27-37(33,34)22-13-7-10-20(17-22)29(31)32/h3-13,16-17,24,26-28H,1-2,14-15H2/t24-,25?/m1/s1. The molecule has 0 amide bonds. The van der Waals surface area contributed by atoms with Crippen molar-refractivity contribution in [1.82, 2.24) is 10.0 Å². The van der Waals surface area contributed by atoms with Gasteiger partial charge in [-0.1, -0.05) is 36.4 Å². The first-order valence-electron chi connectivity index (χ1n) is 11.5. The summed E-state index contributed by atoms with van der Waals surface area (Å²) in [6, 6.07) is 17.4. The van der Waals surface area contributed by atoms with Gasteiger partial charge in [0.15, 0.2) is 5.78 Å². The molecule has 0 saturated carbocycles. The highest BCUT2D eigenvalue weighted by Gasteiger charge is 2.50. The Kier molecular flexibility index (Phi) is 7.65. The minimum absolute atomic E-state index is 0.00891. The van der Waals surface area contributed by atoms with E-state index in [0.717, 1.165) is 6.07 Å². The second kappa shape index (κ2) is 10.6. The molecule has 11 nitrogen and oxygen atoms in total. The Balaban J connectivity index is 1.76. The van der Waals surface area contributed by atoms with Gasteiger partial charge in [0, 0.05) is 24.2 Å². The maximum Gasteiger partial charge on any atom is 0.270 e. The normalized spacial score (nSPS) is 19.7. The third kappa shape index (κ3) is 5.45. The molecule has 199 valence electrons. The molecular weight excluding hydrogens is 532 g/mol. The summed E-state index contributed by atoms with van der Waals surface area (Å²) in [4.78, 5) is 23.0. The molecule has 2 atom stereocenters. The SMILES string of the molecule is [CH2]CC(=O)[C@H]1NCCC1(NS(=O)(=O)c1ccccc1)c1cccc(NS(=O)(=O)c2cccc([N+](=O)[O-])c2)c1. The summed E-state index contributed by atoms with van der Waals surface area (Å²) in [5.41, 5.74) is -1.38. The Morgan fingerprint density at radius 2 is 1.66 bits per heavy atom. The number of hydrogen-bond donors (Lipinski definition) is 3. The Labute approximate surface area is 220 Å². The molecule has 38 heavy (non-hydrogen) atoms. The van der Waals surface area contributed by atoms with E-state index in [-0.39, 0.29) is 39.8 Å². The zero-order valence-corrected chi connectivity index (χ0v) is 21.7. The molecule has 1 aliphatic heterocycles. The van der Waals surface area contributed by atoms with Crippen molar-refractivity contribution in [3.05, 3.63) is 101 Å². The van der Waals surface area contributed by atoms with Crippen LogP contribution in [0.15, 0.2) is 88.7 Å². The summed E-state index contributed by atoms with van der Waals surface area (Å²) < 4.78 is 57.9. The molecule has 0 spiro atoms. The molecular formula is C25H25N4O7S2. The van der Waals surface area contributed by atoms with Gasteiger partial charge in [-0.15, -0.1) is 0 Å². The zero-order chi connectivity index (χ0) is 27.6. The molecule has 4 rings (SSSR count). The van der Waals surface area contributed by atoms with Crippen molar-refractivity contribution in [2.75, 3.05) is 11.3 Å². The maximum atomic E-state index is 13.4.